The van der Waals surface area contributed by atoms with E-state index in [0.29, 0.717) is 0 Å². The lowest BCUT2D eigenvalue weighted by Crippen LogP contribution is -2.29. The third kappa shape index (κ3) is 5.56. The van der Waals surface area contributed by atoms with Crippen molar-refractivity contribution >= 4 is 49.8 Å². The number of furan rings is 1. The molecule has 0 bridgehead atoms. The molecule has 61 heavy (non-hydrogen) atoms. The van der Waals surface area contributed by atoms with E-state index in [1.165, 1.54) is 50.1 Å². The van der Waals surface area contributed by atoms with Gasteiger partial charge < -0.3 is 9.32 Å². The van der Waals surface area contributed by atoms with Crippen LogP contribution < -0.4 is 4.90 Å². The molecular formula is C59H41NO. The maximum Gasteiger partial charge on any atom is 0.143 e. The Morgan fingerprint density at radius 2 is 1.10 bits per heavy atom. The zero-order valence-corrected chi connectivity index (χ0v) is 33.6. The molecule has 9 aromatic carbocycles. The molecule has 2 nitrogen and oxygen atoms in total. The van der Waals surface area contributed by atoms with Gasteiger partial charge in [-0.25, -0.2) is 0 Å². The highest BCUT2D eigenvalue weighted by molar-refractivity contribution is 6.20. The van der Waals surface area contributed by atoms with Crippen LogP contribution in [0.2, 0.25) is 0 Å². The largest absolute Gasteiger partial charge is 0.455 e. The number of nitrogens with zero attached hydrogens (tertiary/aromatic N) is 1. The molecule has 0 fully saturated rings. The lowest BCUT2D eigenvalue weighted by atomic mass is 9.66. The summed E-state index contributed by atoms with van der Waals surface area (Å²) in [5.41, 5.74) is 17.2. The van der Waals surface area contributed by atoms with Gasteiger partial charge >= 0.3 is 0 Å². The van der Waals surface area contributed by atoms with E-state index in [0.717, 1.165) is 68.2 Å². The van der Waals surface area contributed by atoms with E-state index < -0.39 is 5.41 Å². The van der Waals surface area contributed by atoms with Gasteiger partial charge in [-0.15, -0.1) is 0 Å². The summed E-state index contributed by atoms with van der Waals surface area (Å²) in [5, 5.41) is 4.41. The highest BCUT2D eigenvalue weighted by Crippen LogP contribution is 2.58. The summed E-state index contributed by atoms with van der Waals surface area (Å²) in [6, 6.07) is 75.3. The highest BCUT2D eigenvalue weighted by Gasteiger charge is 2.47. The first-order valence-electron chi connectivity index (χ1n) is 21.3. The Morgan fingerprint density at radius 1 is 0.426 bits per heavy atom. The van der Waals surface area contributed by atoms with Crippen molar-refractivity contribution in [3.05, 3.63) is 247 Å². The number of allylic oxidation sites excluding steroid dienone is 4. The van der Waals surface area contributed by atoms with Crippen LogP contribution in [0.3, 0.4) is 0 Å². The van der Waals surface area contributed by atoms with Gasteiger partial charge in [0.15, 0.2) is 0 Å². The minimum absolute atomic E-state index is 0.469. The maximum absolute atomic E-state index is 6.80. The van der Waals surface area contributed by atoms with Crippen molar-refractivity contribution in [2.24, 2.45) is 0 Å². The smallest absolute Gasteiger partial charge is 0.143 e. The minimum Gasteiger partial charge on any atom is -0.455 e. The molecule has 2 aliphatic rings. The molecule has 1 aromatic heterocycles. The van der Waals surface area contributed by atoms with Gasteiger partial charge in [0.05, 0.1) is 11.1 Å². The number of hydrogen-bond acceptors (Lipinski definition) is 2. The van der Waals surface area contributed by atoms with Gasteiger partial charge in [0.1, 0.15) is 11.2 Å². The number of anilines is 3. The highest BCUT2D eigenvalue weighted by atomic mass is 16.3. The summed E-state index contributed by atoms with van der Waals surface area (Å²) in [5.74, 6) is 0. The van der Waals surface area contributed by atoms with Crippen LogP contribution in [0.15, 0.2) is 234 Å². The predicted molar refractivity (Wildman–Crippen MR) is 255 cm³/mol. The molecule has 0 spiro atoms. The molecule has 0 amide bonds. The molecule has 0 radical (unpaired) electrons. The molecular weight excluding hydrogens is 739 g/mol. The number of hydrogen-bond donors (Lipinski definition) is 0. The first-order valence-corrected chi connectivity index (χ1v) is 21.3. The molecule has 12 rings (SSSR count). The molecule has 0 N–H and O–H groups in total. The Bertz CT molecular complexity index is 3360. The second-order valence-electron chi connectivity index (χ2n) is 16.3. The van der Waals surface area contributed by atoms with Crippen molar-refractivity contribution in [1.29, 1.82) is 0 Å². The minimum atomic E-state index is -0.469. The van der Waals surface area contributed by atoms with Crippen molar-refractivity contribution in [2.45, 2.75) is 18.3 Å². The molecule has 288 valence electrons. The van der Waals surface area contributed by atoms with Crippen molar-refractivity contribution in [3.63, 3.8) is 0 Å². The first-order chi connectivity index (χ1) is 30.3. The summed E-state index contributed by atoms with van der Waals surface area (Å²) in [7, 11) is 0. The van der Waals surface area contributed by atoms with E-state index in [1.807, 2.05) is 0 Å². The van der Waals surface area contributed by atoms with Crippen LogP contribution in [0.1, 0.15) is 29.5 Å². The molecule has 1 heterocycles. The lowest BCUT2D eigenvalue weighted by molar-refractivity contribution is 0.672. The zero-order chi connectivity index (χ0) is 40.3. The van der Waals surface area contributed by atoms with Crippen LogP contribution in [0.5, 0.6) is 0 Å². The molecule has 2 aliphatic carbocycles. The average Bonchev–Trinajstić information content (AvgIpc) is 3.86. The Kier molecular flexibility index (Phi) is 8.24. The first kappa shape index (κ1) is 35.3. The van der Waals surface area contributed by atoms with Gasteiger partial charge in [-0.3, -0.25) is 0 Å². The molecule has 2 heteroatoms. The fourth-order valence-corrected chi connectivity index (χ4v) is 10.2. The van der Waals surface area contributed by atoms with Crippen LogP contribution in [-0.2, 0) is 5.41 Å². The monoisotopic (exact) mass is 779 g/mol. The average molecular weight is 780 g/mol. The number of benzene rings is 9. The topological polar surface area (TPSA) is 16.4 Å². The Hall–Kier alpha value is -7.68. The van der Waals surface area contributed by atoms with Gasteiger partial charge in [0.2, 0.25) is 0 Å². The third-order valence-corrected chi connectivity index (χ3v) is 12.9. The lowest BCUT2D eigenvalue weighted by Gasteiger charge is -2.36. The second-order valence-corrected chi connectivity index (χ2v) is 16.3. The molecule has 0 aliphatic heterocycles. The van der Waals surface area contributed by atoms with Crippen LogP contribution >= 0.6 is 0 Å². The molecule has 0 saturated heterocycles. The fraction of sp³-hybridized carbons (Fsp3) is 0.0508. The Labute approximate surface area is 356 Å². The van der Waals surface area contributed by atoms with Gasteiger partial charge in [-0.05, 0) is 117 Å². The molecule has 1 atom stereocenters. The normalized spacial score (nSPS) is 15.5. The summed E-state index contributed by atoms with van der Waals surface area (Å²) in [4.78, 5) is 2.46. The zero-order valence-electron chi connectivity index (χ0n) is 33.6. The van der Waals surface area contributed by atoms with E-state index in [9.17, 15) is 0 Å². The van der Waals surface area contributed by atoms with Crippen molar-refractivity contribution in [1.82, 2.24) is 0 Å². The van der Waals surface area contributed by atoms with Gasteiger partial charge in [0, 0.05) is 32.9 Å². The number of rotatable bonds is 7. The summed E-state index contributed by atoms with van der Waals surface area (Å²) in [6.45, 7) is 0. The molecule has 1 unspecified atom stereocenters. The van der Waals surface area contributed by atoms with E-state index in [2.05, 4.69) is 229 Å². The number of fused-ring (bicyclic) bond motifs is 8. The standard InChI is InChI=1S/C59H41NO/c1-5-18-40(19-6-1)41-20-17-21-42(36-41)43-32-35-57-52(37-43)53-39-56(50-29-13-14-30-51(50)58(53)61-57)60(46-26-11-4-12-27-46)47-33-34-49-48-28-15-16-31-54(48)59(55(49)38-47,44-22-7-2-8-23-44)45-24-9-3-10-25-45/h1-2,4-9,11-39H,3,10H2. The molecule has 10 aromatic rings. The Morgan fingerprint density at radius 3 is 1.90 bits per heavy atom. The van der Waals surface area contributed by atoms with Gasteiger partial charge in [-0.2, -0.15) is 0 Å². The maximum atomic E-state index is 6.80. The van der Waals surface area contributed by atoms with Crippen LogP contribution in [-0.4, -0.2) is 0 Å². The van der Waals surface area contributed by atoms with Crippen molar-refractivity contribution < 1.29 is 4.42 Å². The number of para-hydroxylation sites is 1. The van der Waals surface area contributed by atoms with Crippen LogP contribution in [0.4, 0.5) is 17.1 Å². The van der Waals surface area contributed by atoms with E-state index in [-0.39, 0.29) is 0 Å². The SMILES string of the molecule is C1=CC(C2(c3ccccc3)c3ccccc3-c3ccc(N(c4ccccc4)c4cc5c6cc(-c7cccc(-c8ccccc8)c7)ccc6oc5c5ccccc45)cc32)=CCC1. The predicted octanol–water partition coefficient (Wildman–Crippen LogP) is 16.1. The van der Waals surface area contributed by atoms with E-state index >= 15 is 0 Å². The summed E-state index contributed by atoms with van der Waals surface area (Å²) < 4.78 is 6.80. The molecule has 0 saturated carbocycles. The fourth-order valence-electron chi connectivity index (χ4n) is 10.2. The summed E-state index contributed by atoms with van der Waals surface area (Å²) >= 11 is 0. The quantitative estimate of drug-likeness (QED) is 0.160. The van der Waals surface area contributed by atoms with Gasteiger partial charge in [0.25, 0.3) is 0 Å². The third-order valence-electron chi connectivity index (χ3n) is 12.9. The Balaban J connectivity index is 1.10. The van der Waals surface area contributed by atoms with E-state index in [1.54, 1.807) is 0 Å². The summed E-state index contributed by atoms with van der Waals surface area (Å²) in [6.07, 6.45) is 9.28. The van der Waals surface area contributed by atoms with Crippen LogP contribution in [0.25, 0.3) is 66.1 Å². The second kappa shape index (κ2) is 14.3. The van der Waals surface area contributed by atoms with E-state index in [4.69, 9.17) is 4.42 Å². The van der Waals surface area contributed by atoms with Crippen LogP contribution in [0, 0.1) is 0 Å². The van der Waals surface area contributed by atoms with Crippen molar-refractivity contribution in [3.8, 4) is 33.4 Å². The van der Waals surface area contributed by atoms with Gasteiger partial charge in [-0.1, -0.05) is 176 Å². The van der Waals surface area contributed by atoms with Crippen molar-refractivity contribution in [2.75, 3.05) is 4.90 Å².